The molecule has 0 aliphatic carbocycles. The number of hydrogen-bond acceptors (Lipinski definition) is 8. The van der Waals surface area contributed by atoms with Gasteiger partial charge in [-0.2, -0.15) is 0 Å². The van der Waals surface area contributed by atoms with Crippen LogP contribution in [0.1, 0.15) is 31.3 Å². The minimum Gasteiger partial charge on any atom is -0.457 e. The molecule has 1 aliphatic rings. The van der Waals surface area contributed by atoms with Crippen molar-refractivity contribution >= 4 is 23.5 Å². The molecule has 40 heavy (non-hydrogen) atoms. The fourth-order valence-electron chi connectivity index (χ4n) is 4.17. The summed E-state index contributed by atoms with van der Waals surface area (Å²) in [7, 11) is 0. The summed E-state index contributed by atoms with van der Waals surface area (Å²) in [5, 5.41) is 16.6. The summed E-state index contributed by atoms with van der Waals surface area (Å²) in [5.41, 5.74) is 4.24. The van der Waals surface area contributed by atoms with E-state index in [0.29, 0.717) is 11.4 Å². The van der Waals surface area contributed by atoms with Gasteiger partial charge in [0.05, 0.1) is 16.7 Å². The second-order valence-electron chi connectivity index (χ2n) is 10.1. The molecule has 0 unspecified atom stereocenters. The molecular formula is C27H29FN6O6. The highest BCUT2D eigenvalue weighted by Crippen LogP contribution is 2.36. The Morgan fingerprint density at radius 2 is 1.90 bits per heavy atom. The van der Waals surface area contributed by atoms with Crippen molar-refractivity contribution < 1.29 is 28.4 Å². The van der Waals surface area contributed by atoms with E-state index in [1.54, 1.807) is 49.9 Å². The van der Waals surface area contributed by atoms with Crippen molar-refractivity contribution in [2.75, 3.05) is 24.5 Å². The first-order valence-corrected chi connectivity index (χ1v) is 12.3. The van der Waals surface area contributed by atoms with E-state index in [-0.39, 0.29) is 37.2 Å². The topological polar surface area (TPSA) is 146 Å². The number of nitrogens with two attached hydrogens (primary N) is 1. The van der Waals surface area contributed by atoms with Gasteiger partial charge in [0.2, 0.25) is 11.5 Å². The Morgan fingerprint density at radius 1 is 1.23 bits per heavy atom. The summed E-state index contributed by atoms with van der Waals surface area (Å²) in [5.74, 6) is -0.951. The molecular weight excluding hydrogens is 523 g/mol. The molecule has 1 fully saturated rings. The number of hydrogen-bond donors (Lipinski definition) is 1. The van der Waals surface area contributed by atoms with E-state index in [0.717, 1.165) is 4.68 Å². The third-order valence-corrected chi connectivity index (χ3v) is 5.92. The third kappa shape index (κ3) is 6.03. The number of benzene rings is 2. The van der Waals surface area contributed by atoms with Crippen LogP contribution in [0.15, 0.2) is 61.2 Å². The number of primary amides is 1. The van der Waals surface area contributed by atoms with Gasteiger partial charge in [-0.15, -0.1) is 11.7 Å². The molecule has 0 radical (unpaired) electrons. The molecule has 1 saturated heterocycles. The molecule has 2 amide bonds. The van der Waals surface area contributed by atoms with Crippen LogP contribution in [0.3, 0.4) is 0 Å². The minimum absolute atomic E-state index is 0.0902. The van der Waals surface area contributed by atoms with Crippen LogP contribution in [0.25, 0.3) is 5.69 Å². The summed E-state index contributed by atoms with van der Waals surface area (Å²) < 4.78 is 25.6. The summed E-state index contributed by atoms with van der Waals surface area (Å²) >= 11 is 0. The molecule has 1 aliphatic heterocycles. The maximum atomic E-state index is 13.5. The van der Waals surface area contributed by atoms with Crippen LogP contribution < -0.4 is 15.4 Å². The largest absolute Gasteiger partial charge is 0.457 e. The Balaban J connectivity index is 1.66. The summed E-state index contributed by atoms with van der Waals surface area (Å²) in [4.78, 5) is 39.5. The van der Waals surface area contributed by atoms with Gasteiger partial charge in [-0.05, 0) is 57.2 Å². The lowest BCUT2D eigenvalue weighted by Gasteiger charge is -2.44. The first kappa shape index (κ1) is 28.1. The second-order valence-corrected chi connectivity index (χ2v) is 10.1. The van der Waals surface area contributed by atoms with Crippen LogP contribution in [-0.4, -0.2) is 62.9 Å². The summed E-state index contributed by atoms with van der Waals surface area (Å²) in [6.07, 6.45) is 1.04. The van der Waals surface area contributed by atoms with Crippen LogP contribution in [0, 0.1) is 15.9 Å². The number of nitro groups is 1. The van der Waals surface area contributed by atoms with E-state index < -0.39 is 39.7 Å². The van der Waals surface area contributed by atoms with E-state index in [1.807, 2.05) is 0 Å². The van der Waals surface area contributed by atoms with Crippen molar-refractivity contribution in [1.29, 1.82) is 0 Å². The molecule has 0 spiro atoms. The molecule has 12 nitrogen and oxygen atoms in total. The van der Waals surface area contributed by atoms with Crippen LogP contribution in [0.5, 0.6) is 11.5 Å². The monoisotopic (exact) mass is 552 g/mol. The maximum Gasteiger partial charge on any atom is 0.410 e. The quantitative estimate of drug-likeness (QED) is 0.233. The van der Waals surface area contributed by atoms with Crippen LogP contribution in [0.2, 0.25) is 0 Å². The highest BCUT2D eigenvalue weighted by atomic mass is 19.1. The Hall–Kier alpha value is -4.94. The van der Waals surface area contributed by atoms with Gasteiger partial charge < -0.3 is 25.0 Å². The standard InChI is InChI=1S/C27H29FN6O6/c1-5-13-32(19-15-31(16-19)26(36)40-27(2,3)4)25-23(34(37)38)22(24(29)35)33(30-25)18-9-11-20(12-10-18)39-21-8-6-7-17(28)14-21/h5-12,14,19H,1,13,15-16H2,2-4H3,(H2,29,35). The zero-order chi connectivity index (χ0) is 29.2. The highest BCUT2D eigenvalue weighted by Gasteiger charge is 2.42. The van der Waals surface area contributed by atoms with Gasteiger partial charge in [0.15, 0.2) is 0 Å². The van der Waals surface area contributed by atoms with Crippen molar-refractivity contribution in [2.24, 2.45) is 5.73 Å². The van der Waals surface area contributed by atoms with Gasteiger partial charge >= 0.3 is 11.8 Å². The third-order valence-electron chi connectivity index (χ3n) is 5.92. The van der Waals surface area contributed by atoms with E-state index in [1.165, 1.54) is 35.2 Å². The number of halogens is 1. The van der Waals surface area contributed by atoms with Gasteiger partial charge in [-0.3, -0.25) is 14.9 Å². The molecule has 0 atom stereocenters. The van der Waals surface area contributed by atoms with Gasteiger partial charge in [-0.25, -0.2) is 13.9 Å². The Bertz CT molecular complexity index is 1440. The molecule has 2 heterocycles. The predicted octanol–water partition coefficient (Wildman–Crippen LogP) is 4.42. The lowest BCUT2D eigenvalue weighted by molar-refractivity contribution is -0.384. The molecule has 1 aromatic heterocycles. The number of amides is 2. The number of ether oxygens (including phenoxy) is 2. The fourth-order valence-corrected chi connectivity index (χ4v) is 4.17. The van der Waals surface area contributed by atoms with Gasteiger partial charge in [0.1, 0.15) is 22.9 Å². The van der Waals surface area contributed by atoms with Crippen molar-refractivity contribution in [3.05, 3.63) is 82.8 Å². The molecule has 4 rings (SSSR count). The number of rotatable bonds is 9. The molecule has 2 aromatic carbocycles. The average Bonchev–Trinajstić information content (AvgIpc) is 3.23. The van der Waals surface area contributed by atoms with Crippen LogP contribution >= 0.6 is 0 Å². The van der Waals surface area contributed by atoms with Crippen molar-refractivity contribution in [3.8, 4) is 17.2 Å². The lowest BCUT2D eigenvalue weighted by Crippen LogP contribution is -2.62. The van der Waals surface area contributed by atoms with E-state index >= 15 is 0 Å². The number of carbonyl (C=O) groups is 2. The fraction of sp³-hybridized carbons (Fsp3) is 0.296. The van der Waals surface area contributed by atoms with Crippen molar-refractivity contribution in [2.45, 2.75) is 32.4 Å². The SMILES string of the molecule is C=CCN(c1nn(-c2ccc(Oc3cccc(F)c3)cc2)c(C(N)=O)c1[N+](=O)[O-])C1CN(C(=O)OC(C)(C)C)C1. The van der Waals surface area contributed by atoms with Crippen LogP contribution in [0.4, 0.5) is 20.7 Å². The Morgan fingerprint density at radius 3 is 2.45 bits per heavy atom. The summed E-state index contributed by atoms with van der Waals surface area (Å²) in [6, 6.07) is 11.4. The molecule has 210 valence electrons. The summed E-state index contributed by atoms with van der Waals surface area (Å²) in [6.45, 7) is 9.62. The normalized spacial score (nSPS) is 13.3. The first-order valence-electron chi connectivity index (χ1n) is 12.3. The van der Waals surface area contributed by atoms with Gasteiger partial charge in [-0.1, -0.05) is 12.1 Å². The van der Waals surface area contributed by atoms with E-state index in [9.17, 15) is 24.1 Å². The van der Waals surface area contributed by atoms with Crippen molar-refractivity contribution in [3.63, 3.8) is 0 Å². The zero-order valence-corrected chi connectivity index (χ0v) is 22.2. The second kappa shape index (κ2) is 11.0. The van der Waals surface area contributed by atoms with E-state index in [2.05, 4.69) is 11.7 Å². The van der Waals surface area contributed by atoms with E-state index in [4.69, 9.17) is 15.2 Å². The minimum atomic E-state index is -1.05. The predicted molar refractivity (Wildman–Crippen MR) is 144 cm³/mol. The van der Waals surface area contributed by atoms with Gasteiger partial charge in [0.25, 0.3) is 5.91 Å². The molecule has 0 saturated carbocycles. The zero-order valence-electron chi connectivity index (χ0n) is 22.2. The Labute approximate surface area is 229 Å². The lowest BCUT2D eigenvalue weighted by atomic mass is 10.1. The maximum absolute atomic E-state index is 13.5. The number of nitrogens with zero attached hydrogens (tertiary/aromatic N) is 5. The number of carbonyl (C=O) groups excluding carboxylic acids is 2. The number of anilines is 1. The van der Waals surface area contributed by atoms with Gasteiger partial charge in [0, 0.05) is 25.7 Å². The molecule has 13 heteroatoms. The average molecular weight is 553 g/mol. The number of likely N-dealkylation sites (tertiary alicyclic amines) is 1. The molecule has 3 aromatic rings. The Kier molecular flexibility index (Phi) is 7.75. The first-order chi connectivity index (χ1) is 18.9. The smallest absolute Gasteiger partial charge is 0.410 e. The number of aromatic nitrogens is 2. The molecule has 0 bridgehead atoms. The van der Waals surface area contributed by atoms with Crippen LogP contribution in [-0.2, 0) is 4.74 Å². The molecule has 2 N–H and O–H groups in total. The van der Waals surface area contributed by atoms with Crippen molar-refractivity contribution in [1.82, 2.24) is 14.7 Å². The highest BCUT2D eigenvalue weighted by molar-refractivity contribution is 5.98.